The standard InChI is InChI=1S/C13H15N3S/c1-9-7-10(14)8-15-13(9)16-11-5-3-4-6-12(11)17-2/h3-8H,14H2,1-2H3,(H,15,16). The van der Waals surface area contributed by atoms with Crippen LogP contribution >= 0.6 is 11.8 Å². The number of para-hydroxylation sites is 1. The van der Waals surface area contributed by atoms with Gasteiger partial charge in [-0.25, -0.2) is 4.98 Å². The molecule has 0 aliphatic rings. The second kappa shape index (κ2) is 5.10. The molecule has 0 radical (unpaired) electrons. The smallest absolute Gasteiger partial charge is 0.133 e. The van der Waals surface area contributed by atoms with Crippen LogP contribution in [0.3, 0.4) is 0 Å². The molecule has 17 heavy (non-hydrogen) atoms. The Morgan fingerprint density at radius 3 is 2.76 bits per heavy atom. The second-order valence-corrected chi connectivity index (χ2v) is 4.61. The molecule has 0 aliphatic carbocycles. The van der Waals surface area contributed by atoms with Gasteiger partial charge in [-0.3, -0.25) is 0 Å². The minimum absolute atomic E-state index is 0.686. The van der Waals surface area contributed by atoms with E-state index < -0.39 is 0 Å². The number of nitrogens with two attached hydrogens (primary N) is 1. The van der Waals surface area contributed by atoms with Crippen LogP contribution < -0.4 is 11.1 Å². The number of thioether (sulfide) groups is 1. The summed E-state index contributed by atoms with van der Waals surface area (Å²) in [6.45, 7) is 1.99. The second-order valence-electron chi connectivity index (χ2n) is 3.76. The van der Waals surface area contributed by atoms with Gasteiger partial charge in [0.15, 0.2) is 0 Å². The van der Waals surface area contributed by atoms with Crippen molar-refractivity contribution in [2.24, 2.45) is 0 Å². The molecule has 0 atom stereocenters. The minimum atomic E-state index is 0.686. The number of pyridine rings is 1. The number of aryl methyl sites for hydroxylation is 1. The van der Waals surface area contributed by atoms with Gasteiger partial charge in [-0.2, -0.15) is 0 Å². The predicted octanol–water partition coefficient (Wildman–Crippen LogP) is 3.44. The van der Waals surface area contributed by atoms with E-state index in [0.717, 1.165) is 17.1 Å². The zero-order valence-corrected chi connectivity index (χ0v) is 10.7. The summed E-state index contributed by atoms with van der Waals surface area (Å²) in [7, 11) is 0. The Kier molecular flexibility index (Phi) is 3.54. The average molecular weight is 245 g/mol. The van der Waals surface area contributed by atoms with Crippen LogP contribution in [0.2, 0.25) is 0 Å². The fourth-order valence-corrected chi connectivity index (χ4v) is 2.16. The Hall–Kier alpha value is -1.68. The number of aromatic nitrogens is 1. The lowest BCUT2D eigenvalue weighted by molar-refractivity contribution is 1.25. The van der Waals surface area contributed by atoms with Crippen LogP contribution in [0.1, 0.15) is 5.56 Å². The Labute approximate surface area is 105 Å². The lowest BCUT2D eigenvalue weighted by Gasteiger charge is -2.11. The fraction of sp³-hybridized carbons (Fsp3) is 0.154. The number of benzene rings is 1. The first-order chi connectivity index (χ1) is 8.20. The Balaban J connectivity index is 2.31. The molecular formula is C13H15N3S. The first kappa shape index (κ1) is 11.8. The molecule has 0 amide bonds. The van der Waals surface area contributed by atoms with E-state index in [4.69, 9.17) is 5.73 Å². The third-order valence-electron chi connectivity index (χ3n) is 2.46. The van der Waals surface area contributed by atoms with Crippen molar-refractivity contribution in [3.8, 4) is 0 Å². The number of anilines is 3. The van der Waals surface area contributed by atoms with Gasteiger partial charge in [0.1, 0.15) is 5.82 Å². The zero-order chi connectivity index (χ0) is 12.3. The van der Waals surface area contributed by atoms with E-state index in [0.29, 0.717) is 5.69 Å². The summed E-state index contributed by atoms with van der Waals surface area (Å²) in [4.78, 5) is 5.50. The van der Waals surface area contributed by atoms with Crippen LogP contribution in [0.4, 0.5) is 17.2 Å². The summed E-state index contributed by atoms with van der Waals surface area (Å²) in [5.74, 6) is 0.848. The third-order valence-corrected chi connectivity index (χ3v) is 3.26. The summed E-state index contributed by atoms with van der Waals surface area (Å²) in [6, 6.07) is 10.1. The van der Waals surface area contributed by atoms with Crippen molar-refractivity contribution >= 4 is 29.0 Å². The van der Waals surface area contributed by atoms with Crippen LogP contribution in [-0.2, 0) is 0 Å². The average Bonchev–Trinajstić information content (AvgIpc) is 2.33. The molecule has 0 saturated carbocycles. The maximum absolute atomic E-state index is 5.68. The molecule has 4 heteroatoms. The first-order valence-corrected chi connectivity index (χ1v) is 6.55. The third kappa shape index (κ3) is 2.71. The maximum Gasteiger partial charge on any atom is 0.133 e. The van der Waals surface area contributed by atoms with E-state index in [9.17, 15) is 0 Å². The quantitative estimate of drug-likeness (QED) is 0.813. The highest BCUT2D eigenvalue weighted by molar-refractivity contribution is 7.98. The van der Waals surface area contributed by atoms with Crippen LogP contribution in [0.5, 0.6) is 0 Å². The van der Waals surface area contributed by atoms with Gasteiger partial charge in [0.2, 0.25) is 0 Å². The Morgan fingerprint density at radius 2 is 2.06 bits per heavy atom. The largest absolute Gasteiger partial charge is 0.397 e. The van der Waals surface area contributed by atoms with Gasteiger partial charge < -0.3 is 11.1 Å². The van der Waals surface area contributed by atoms with E-state index in [-0.39, 0.29) is 0 Å². The summed E-state index contributed by atoms with van der Waals surface area (Å²) in [5, 5.41) is 3.33. The highest BCUT2D eigenvalue weighted by Crippen LogP contribution is 2.28. The molecule has 88 valence electrons. The van der Waals surface area contributed by atoms with Gasteiger partial charge in [0, 0.05) is 4.90 Å². The SMILES string of the molecule is CSc1ccccc1Nc1ncc(N)cc1C. The molecule has 2 aromatic rings. The molecule has 0 fully saturated rings. The van der Waals surface area contributed by atoms with Crippen LogP contribution in [0, 0.1) is 6.92 Å². The van der Waals surface area contributed by atoms with Crippen molar-refractivity contribution in [2.45, 2.75) is 11.8 Å². The van der Waals surface area contributed by atoms with Crippen molar-refractivity contribution in [3.63, 3.8) is 0 Å². The van der Waals surface area contributed by atoms with Gasteiger partial charge in [-0.1, -0.05) is 12.1 Å². The molecule has 2 rings (SSSR count). The van der Waals surface area contributed by atoms with E-state index >= 15 is 0 Å². The lowest BCUT2D eigenvalue weighted by Crippen LogP contribution is -1.99. The summed E-state index contributed by atoms with van der Waals surface area (Å²) < 4.78 is 0. The van der Waals surface area contributed by atoms with E-state index in [1.807, 2.05) is 31.2 Å². The molecule has 0 saturated heterocycles. The van der Waals surface area contributed by atoms with Crippen LogP contribution in [-0.4, -0.2) is 11.2 Å². The number of rotatable bonds is 3. The zero-order valence-electron chi connectivity index (χ0n) is 9.90. The number of nitrogen functional groups attached to an aromatic ring is 1. The monoisotopic (exact) mass is 245 g/mol. The van der Waals surface area contributed by atoms with Crippen molar-refractivity contribution in [1.29, 1.82) is 0 Å². The number of hydrogen-bond donors (Lipinski definition) is 2. The van der Waals surface area contributed by atoms with Crippen molar-refractivity contribution < 1.29 is 0 Å². The predicted molar refractivity (Wildman–Crippen MR) is 74.9 cm³/mol. The van der Waals surface area contributed by atoms with Gasteiger partial charge in [0.25, 0.3) is 0 Å². The van der Waals surface area contributed by atoms with Gasteiger partial charge in [-0.05, 0) is 36.9 Å². The molecule has 3 nitrogen and oxygen atoms in total. The summed E-state index contributed by atoms with van der Waals surface area (Å²) >= 11 is 1.71. The number of nitrogens with one attached hydrogen (secondary N) is 1. The molecule has 0 spiro atoms. The van der Waals surface area contributed by atoms with Crippen molar-refractivity contribution in [2.75, 3.05) is 17.3 Å². The van der Waals surface area contributed by atoms with E-state index in [2.05, 4.69) is 22.6 Å². The highest BCUT2D eigenvalue weighted by atomic mass is 32.2. The highest BCUT2D eigenvalue weighted by Gasteiger charge is 2.04. The van der Waals surface area contributed by atoms with Gasteiger partial charge >= 0.3 is 0 Å². The van der Waals surface area contributed by atoms with Gasteiger partial charge in [-0.15, -0.1) is 11.8 Å². The maximum atomic E-state index is 5.68. The van der Waals surface area contributed by atoms with Crippen LogP contribution in [0.25, 0.3) is 0 Å². The molecule has 1 heterocycles. The van der Waals surface area contributed by atoms with E-state index in [1.54, 1.807) is 18.0 Å². The first-order valence-electron chi connectivity index (χ1n) is 5.33. The van der Waals surface area contributed by atoms with Gasteiger partial charge in [0.05, 0.1) is 17.6 Å². The number of nitrogens with zero attached hydrogens (tertiary/aromatic N) is 1. The lowest BCUT2D eigenvalue weighted by atomic mass is 10.2. The Bertz CT molecular complexity index is 526. The van der Waals surface area contributed by atoms with Crippen molar-refractivity contribution in [3.05, 3.63) is 42.1 Å². The summed E-state index contributed by atoms with van der Waals surface area (Å²) in [5.41, 5.74) is 8.48. The molecular weight excluding hydrogens is 230 g/mol. The Morgan fingerprint density at radius 1 is 1.29 bits per heavy atom. The summed E-state index contributed by atoms with van der Waals surface area (Å²) in [6.07, 6.45) is 3.72. The topological polar surface area (TPSA) is 50.9 Å². The molecule has 1 aromatic carbocycles. The molecule has 0 bridgehead atoms. The van der Waals surface area contributed by atoms with E-state index in [1.165, 1.54) is 4.90 Å². The number of hydrogen-bond acceptors (Lipinski definition) is 4. The molecule has 3 N–H and O–H groups in total. The van der Waals surface area contributed by atoms with Crippen molar-refractivity contribution in [1.82, 2.24) is 4.98 Å². The molecule has 0 aliphatic heterocycles. The molecule has 1 aromatic heterocycles. The minimum Gasteiger partial charge on any atom is -0.397 e. The van der Waals surface area contributed by atoms with Crippen LogP contribution in [0.15, 0.2) is 41.4 Å². The molecule has 0 unspecified atom stereocenters. The fourth-order valence-electron chi connectivity index (χ4n) is 1.60. The normalized spacial score (nSPS) is 10.2.